The van der Waals surface area contributed by atoms with E-state index in [9.17, 15) is 4.79 Å². The van der Waals surface area contributed by atoms with Gasteiger partial charge in [0.2, 0.25) is 5.91 Å². The molecule has 6 heteroatoms. The van der Waals surface area contributed by atoms with Crippen molar-refractivity contribution in [3.63, 3.8) is 0 Å². The van der Waals surface area contributed by atoms with Gasteiger partial charge in [-0.2, -0.15) is 0 Å². The molecule has 0 aliphatic carbocycles. The predicted molar refractivity (Wildman–Crippen MR) is 94.6 cm³/mol. The summed E-state index contributed by atoms with van der Waals surface area (Å²) < 4.78 is 0. The highest BCUT2D eigenvalue weighted by atomic mass is 35.5. The first-order chi connectivity index (χ1) is 11.2. The molecule has 0 unspecified atom stereocenters. The SMILES string of the molecule is O=C1Cc2cc(-c3csc(Nc4ccc(Cl)cc4)n3)ccc2N1. The molecule has 0 bridgehead atoms. The van der Waals surface area contributed by atoms with E-state index in [2.05, 4.69) is 15.6 Å². The lowest BCUT2D eigenvalue weighted by atomic mass is 10.1. The van der Waals surface area contributed by atoms with Gasteiger partial charge in [0, 0.05) is 27.3 Å². The highest BCUT2D eigenvalue weighted by molar-refractivity contribution is 7.14. The zero-order valence-corrected chi connectivity index (χ0v) is 13.5. The summed E-state index contributed by atoms with van der Waals surface area (Å²) in [6.45, 7) is 0. The van der Waals surface area contributed by atoms with Crippen LogP contribution in [-0.4, -0.2) is 10.9 Å². The van der Waals surface area contributed by atoms with Crippen LogP contribution in [0.25, 0.3) is 11.3 Å². The van der Waals surface area contributed by atoms with Crippen LogP contribution in [0.15, 0.2) is 47.8 Å². The van der Waals surface area contributed by atoms with E-state index >= 15 is 0 Å². The fourth-order valence-corrected chi connectivity index (χ4v) is 3.37. The molecule has 0 radical (unpaired) electrons. The Morgan fingerprint density at radius 2 is 2.00 bits per heavy atom. The van der Waals surface area contributed by atoms with Gasteiger partial charge in [0.1, 0.15) is 0 Å². The number of rotatable bonds is 3. The molecule has 4 rings (SSSR count). The first kappa shape index (κ1) is 14.2. The van der Waals surface area contributed by atoms with Crippen molar-refractivity contribution in [3.8, 4) is 11.3 Å². The molecule has 0 spiro atoms. The molecule has 2 aromatic carbocycles. The number of thiazole rings is 1. The first-order valence-corrected chi connectivity index (χ1v) is 8.34. The van der Waals surface area contributed by atoms with Crippen molar-refractivity contribution >= 4 is 45.4 Å². The Balaban J connectivity index is 1.57. The molecule has 0 fully saturated rings. The molecule has 114 valence electrons. The molecule has 0 atom stereocenters. The summed E-state index contributed by atoms with van der Waals surface area (Å²) in [5, 5.41) is 9.63. The topological polar surface area (TPSA) is 54.0 Å². The monoisotopic (exact) mass is 341 g/mol. The second-order valence-corrected chi connectivity index (χ2v) is 6.56. The van der Waals surface area contributed by atoms with Gasteiger partial charge >= 0.3 is 0 Å². The van der Waals surface area contributed by atoms with Crippen LogP contribution in [0.4, 0.5) is 16.5 Å². The summed E-state index contributed by atoms with van der Waals surface area (Å²) in [4.78, 5) is 16.0. The maximum atomic E-state index is 11.4. The summed E-state index contributed by atoms with van der Waals surface area (Å²) in [6, 6.07) is 13.4. The maximum Gasteiger partial charge on any atom is 0.228 e. The van der Waals surface area contributed by atoms with E-state index in [1.165, 1.54) is 11.3 Å². The number of hydrogen-bond acceptors (Lipinski definition) is 4. The normalized spacial score (nSPS) is 12.8. The zero-order chi connectivity index (χ0) is 15.8. The fourth-order valence-electron chi connectivity index (χ4n) is 2.51. The molecule has 23 heavy (non-hydrogen) atoms. The van der Waals surface area contributed by atoms with Gasteiger partial charge in [-0.25, -0.2) is 4.98 Å². The molecule has 3 aromatic rings. The third-order valence-corrected chi connectivity index (χ3v) is 4.64. The van der Waals surface area contributed by atoms with Crippen LogP contribution in [0.5, 0.6) is 0 Å². The summed E-state index contributed by atoms with van der Waals surface area (Å²) in [5.74, 6) is 0.0421. The minimum atomic E-state index is 0.0421. The number of hydrogen-bond donors (Lipinski definition) is 2. The van der Waals surface area contributed by atoms with Crippen molar-refractivity contribution in [2.75, 3.05) is 10.6 Å². The smallest absolute Gasteiger partial charge is 0.228 e. The molecule has 2 N–H and O–H groups in total. The Morgan fingerprint density at radius 3 is 2.83 bits per heavy atom. The molecule has 1 aliphatic rings. The lowest BCUT2D eigenvalue weighted by Gasteiger charge is -2.03. The second-order valence-electron chi connectivity index (χ2n) is 5.27. The van der Waals surface area contributed by atoms with Gasteiger partial charge in [-0.3, -0.25) is 4.79 Å². The van der Waals surface area contributed by atoms with Crippen LogP contribution in [0.1, 0.15) is 5.56 Å². The Kier molecular flexibility index (Phi) is 3.52. The van der Waals surface area contributed by atoms with Gasteiger partial charge in [0.05, 0.1) is 12.1 Å². The number of nitrogens with one attached hydrogen (secondary N) is 2. The average molecular weight is 342 g/mol. The third-order valence-electron chi connectivity index (χ3n) is 3.63. The van der Waals surface area contributed by atoms with Gasteiger partial charge in [-0.15, -0.1) is 11.3 Å². The number of carbonyl (C=O) groups is 1. The number of amides is 1. The van der Waals surface area contributed by atoms with E-state index < -0.39 is 0 Å². The van der Waals surface area contributed by atoms with Crippen LogP contribution in [-0.2, 0) is 11.2 Å². The van der Waals surface area contributed by atoms with Gasteiger partial charge in [-0.05, 0) is 42.0 Å². The van der Waals surface area contributed by atoms with E-state index in [1.807, 2.05) is 47.8 Å². The summed E-state index contributed by atoms with van der Waals surface area (Å²) in [5.41, 5.74) is 4.77. The average Bonchev–Trinajstić information content (AvgIpc) is 3.14. The van der Waals surface area contributed by atoms with Crippen molar-refractivity contribution in [3.05, 3.63) is 58.4 Å². The molecule has 1 amide bonds. The lowest BCUT2D eigenvalue weighted by molar-refractivity contribution is -0.115. The van der Waals surface area contributed by atoms with Crippen molar-refractivity contribution in [2.45, 2.75) is 6.42 Å². The molecule has 1 aliphatic heterocycles. The van der Waals surface area contributed by atoms with Gasteiger partial charge in [-0.1, -0.05) is 17.7 Å². The summed E-state index contributed by atoms with van der Waals surface area (Å²) in [6.07, 6.45) is 0.434. The van der Waals surface area contributed by atoms with Crippen LogP contribution >= 0.6 is 22.9 Å². The summed E-state index contributed by atoms with van der Waals surface area (Å²) >= 11 is 7.43. The van der Waals surface area contributed by atoms with E-state index in [-0.39, 0.29) is 5.91 Å². The zero-order valence-electron chi connectivity index (χ0n) is 12.0. The Bertz CT molecular complexity index is 889. The number of carbonyl (C=O) groups excluding carboxylic acids is 1. The molecule has 4 nitrogen and oxygen atoms in total. The van der Waals surface area contributed by atoms with E-state index in [1.54, 1.807) is 0 Å². The van der Waals surface area contributed by atoms with Crippen LogP contribution in [0.2, 0.25) is 5.02 Å². The number of nitrogens with zero attached hydrogens (tertiary/aromatic N) is 1. The molecule has 2 heterocycles. The van der Waals surface area contributed by atoms with Crippen LogP contribution in [0.3, 0.4) is 0 Å². The minimum Gasteiger partial charge on any atom is -0.332 e. The highest BCUT2D eigenvalue weighted by Crippen LogP contribution is 2.31. The molecular weight excluding hydrogens is 330 g/mol. The largest absolute Gasteiger partial charge is 0.332 e. The second kappa shape index (κ2) is 5.68. The quantitative estimate of drug-likeness (QED) is 0.726. The molecular formula is C17H12ClN3OS. The van der Waals surface area contributed by atoms with E-state index in [0.29, 0.717) is 11.4 Å². The Morgan fingerprint density at radius 1 is 1.17 bits per heavy atom. The van der Waals surface area contributed by atoms with Crippen molar-refractivity contribution < 1.29 is 4.79 Å². The third kappa shape index (κ3) is 2.93. The van der Waals surface area contributed by atoms with Gasteiger partial charge in [0.15, 0.2) is 5.13 Å². The van der Waals surface area contributed by atoms with Crippen LogP contribution < -0.4 is 10.6 Å². The number of anilines is 3. The fraction of sp³-hybridized carbons (Fsp3) is 0.0588. The maximum absolute atomic E-state index is 11.4. The van der Waals surface area contributed by atoms with Crippen LogP contribution in [0, 0.1) is 0 Å². The number of fused-ring (bicyclic) bond motifs is 1. The number of halogens is 1. The predicted octanol–water partition coefficient (Wildman–Crippen LogP) is 4.70. The highest BCUT2D eigenvalue weighted by Gasteiger charge is 2.18. The molecule has 0 saturated carbocycles. The van der Waals surface area contributed by atoms with Crippen molar-refractivity contribution in [2.24, 2.45) is 0 Å². The van der Waals surface area contributed by atoms with E-state index in [0.717, 1.165) is 33.3 Å². The lowest BCUT2D eigenvalue weighted by Crippen LogP contribution is -2.03. The van der Waals surface area contributed by atoms with E-state index in [4.69, 9.17) is 11.6 Å². The number of benzene rings is 2. The minimum absolute atomic E-state index is 0.0421. The Hall–Kier alpha value is -2.37. The number of aromatic nitrogens is 1. The van der Waals surface area contributed by atoms with Gasteiger partial charge in [0.25, 0.3) is 0 Å². The first-order valence-electron chi connectivity index (χ1n) is 7.09. The van der Waals surface area contributed by atoms with Gasteiger partial charge < -0.3 is 10.6 Å². The summed E-state index contributed by atoms with van der Waals surface area (Å²) in [7, 11) is 0. The Labute approximate surface area is 142 Å². The molecule has 1 aromatic heterocycles. The molecule has 0 saturated heterocycles. The standard InChI is InChI=1S/C17H12ClN3OS/c18-12-2-4-13(5-3-12)19-17-21-15(9-23-17)10-1-6-14-11(7-10)8-16(22)20-14/h1-7,9H,8H2,(H,19,21)(H,20,22). The van der Waals surface area contributed by atoms with Crippen molar-refractivity contribution in [1.29, 1.82) is 0 Å². The van der Waals surface area contributed by atoms with Crippen molar-refractivity contribution in [1.82, 2.24) is 4.98 Å².